The molecule has 0 radical (unpaired) electrons. The number of carbonyl (C=O) groups is 1. The molecule has 1 atom stereocenters. The number of hydrogen-bond acceptors (Lipinski definition) is 3. The summed E-state index contributed by atoms with van der Waals surface area (Å²) in [6.45, 7) is 4.68. The summed E-state index contributed by atoms with van der Waals surface area (Å²) in [5.74, 6) is 0.236. The van der Waals surface area contributed by atoms with Crippen LogP contribution in [0.1, 0.15) is 26.7 Å². The third-order valence-corrected chi connectivity index (χ3v) is 2.70. The largest absolute Gasteiger partial charge is 0.394 e. The Hall–Kier alpha value is -1.36. The van der Waals surface area contributed by atoms with E-state index >= 15 is 0 Å². The molecule has 0 saturated heterocycles. The summed E-state index contributed by atoms with van der Waals surface area (Å²) >= 11 is 0. The van der Waals surface area contributed by atoms with Gasteiger partial charge in [-0.05, 0) is 18.4 Å². The van der Waals surface area contributed by atoms with Gasteiger partial charge < -0.3 is 10.4 Å². The van der Waals surface area contributed by atoms with Crippen molar-refractivity contribution in [3.8, 4) is 0 Å². The van der Waals surface area contributed by atoms with Crippen LogP contribution < -0.4 is 5.32 Å². The highest BCUT2D eigenvalue weighted by Gasteiger charge is 2.14. The highest BCUT2D eigenvalue weighted by Crippen LogP contribution is 2.02. The Morgan fingerprint density at radius 3 is 2.82 bits per heavy atom. The Balaban J connectivity index is 2.20. The zero-order valence-electron chi connectivity index (χ0n) is 10.5. The predicted molar refractivity (Wildman–Crippen MR) is 65.3 cm³/mol. The molecule has 0 aliphatic carbocycles. The number of nitrogens with zero attached hydrogens (tertiary/aromatic N) is 2. The predicted octanol–water partition coefficient (Wildman–Crippen LogP) is 0.796. The van der Waals surface area contributed by atoms with Crippen LogP contribution in [-0.2, 0) is 11.3 Å². The number of rotatable bonds is 7. The van der Waals surface area contributed by atoms with E-state index in [-0.39, 0.29) is 24.5 Å². The van der Waals surface area contributed by atoms with E-state index in [1.54, 1.807) is 10.9 Å². The molecule has 0 spiro atoms. The minimum Gasteiger partial charge on any atom is -0.394 e. The quantitative estimate of drug-likeness (QED) is 0.739. The smallest absolute Gasteiger partial charge is 0.220 e. The van der Waals surface area contributed by atoms with Crippen molar-refractivity contribution in [2.24, 2.45) is 5.92 Å². The first-order valence-corrected chi connectivity index (χ1v) is 6.01. The number of nitrogens with one attached hydrogen (secondary N) is 1. The molecule has 96 valence electrons. The number of aliphatic hydroxyl groups excluding tert-OH is 1. The fraction of sp³-hybridized carbons (Fsp3) is 0.667. The van der Waals surface area contributed by atoms with Gasteiger partial charge >= 0.3 is 0 Å². The minimum atomic E-state index is -0.146. The average Bonchev–Trinajstić information content (AvgIpc) is 2.78. The fourth-order valence-corrected chi connectivity index (χ4v) is 1.54. The van der Waals surface area contributed by atoms with E-state index in [4.69, 9.17) is 5.11 Å². The lowest BCUT2D eigenvalue weighted by atomic mass is 10.1. The van der Waals surface area contributed by atoms with Gasteiger partial charge in [-0.15, -0.1) is 0 Å². The molecule has 0 aliphatic rings. The number of amides is 1. The molecule has 1 aromatic heterocycles. The monoisotopic (exact) mass is 239 g/mol. The van der Waals surface area contributed by atoms with Crippen molar-refractivity contribution in [2.75, 3.05) is 6.61 Å². The molecule has 0 bridgehead atoms. The summed E-state index contributed by atoms with van der Waals surface area (Å²) in [6, 6.07) is 1.72. The second-order valence-electron chi connectivity index (χ2n) is 4.47. The Morgan fingerprint density at radius 1 is 1.53 bits per heavy atom. The molecule has 5 heteroatoms. The number of aliphatic hydroxyl groups is 1. The number of aromatic nitrogens is 2. The van der Waals surface area contributed by atoms with E-state index < -0.39 is 0 Å². The van der Waals surface area contributed by atoms with E-state index in [0.29, 0.717) is 6.42 Å². The molecule has 0 fully saturated rings. The molecule has 1 aromatic rings. The van der Waals surface area contributed by atoms with Gasteiger partial charge in [0.1, 0.15) is 0 Å². The Morgan fingerprint density at radius 2 is 2.29 bits per heavy atom. The molecule has 5 nitrogen and oxygen atoms in total. The van der Waals surface area contributed by atoms with Gasteiger partial charge in [0.05, 0.1) is 12.6 Å². The lowest BCUT2D eigenvalue weighted by molar-refractivity contribution is -0.122. The zero-order valence-corrected chi connectivity index (χ0v) is 10.5. The maximum atomic E-state index is 11.6. The van der Waals surface area contributed by atoms with E-state index in [1.807, 2.05) is 26.1 Å². The van der Waals surface area contributed by atoms with E-state index in [2.05, 4.69) is 10.4 Å². The molecular formula is C12H21N3O2. The van der Waals surface area contributed by atoms with Crippen molar-refractivity contribution >= 4 is 5.91 Å². The van der Waals surface area contributed by atoms with Crippen LogP contribution in [0.4, 0.5) is 0 Å². The number of carbonyl (C=O) groups excluding carboxylic acids is 1. The van der Waals surface area contributed by atoms with E-state index in [0.717, 1.165) is 13.0 Å². The third kappa shape index (κ3) is 4.99. The normalized spacial score (nSPS) is 12.7. The summed E-state index contributed by atoms with van der Waals surface area (Å²) in [5.41, 5.74) is 0. The van der Waals surface area contributed by atoms with Crippen LogP contribution in [0.2, 0.25) is 0 Å². The van der Waals surface area contributed by atoms with Gasteiger partial charge in [-0.3, -0.25) is 9.48 Å². The van der Waals surface area contributed by atoms with Gasteiger partial charge in [0.2, 0.25) is 5.91 Å². The van der Waals surface area contributed by atoms with E-state index in [9.17, 15) is 4.79 Å². The summed E-state index contributed by atoms with van der Waals surface area (Å²) in [4.78, 5) is 11.6. The zero-order chi connectivity index (χ0) is 12.7. The van der Waals surface area contributed by atoms with Crippen LogP contribution in [0.15, 0.2) is 18.5 Å². The van der Waals surface area contributed by atoms with Gasteiger partial charge in [0.15, 0.2) is 0 Å². The van der Waals surface area contributed by atoms with Crippen molar-refractivity contribution in [3.63, 3.8) is 0 Å². The van der Waals surface area contributed by atoms with Crippen molar-refractivity contribution in [2.45, 2.75) is 39.3 Å². The standard InChI is InChI=1S/C12H21N3O2/c1-10(2)11(9-16)14-12(17)5-3-7-15-8-4-6-13-15/h4,6,8,10-11,16H,3,5,7,9H2,1-2H3,(H,14,17)/t11-/m0/s1. The summed E-state index contributed by atoms with van der Waals surface area (Å²) in [5, 5.41) is 16.0. The number of hydrogen-bond donors (Lipinski definition) is 2. The Bertz CT molecular complexity index is 323. The van der Waals surface area contributed by atoms with Gasteiger partial charge in [-0.2, -0.15) is 5.10 Å². The average molecular weight is 239 g/mol. The van der Waals surface area contributed by atoms with Crippen molar-refractivity contribution < 1.29 is 9.90 Å². The fourth-order valence-electron chi connectivity index (χ4n) is 1.54. The molecule has 0 unspecified atom stereocenters. The van der Waals surface area contributed by atoms with Crippen LogP contribution in [0.5, 0.6) is 0 Å². The Labute approximate surface area is 102 Å². The van der Waals surface area contributed by atoms with Crippen LogP contribution in [0.25, 0.3) is 0 Å². The van der Waals surface area contributed by atoms with Crippen LogP contribution in [0.3, 0.4) is 0 Å². The highest BCUT2D eigenvalue weighted by atomic mass is 16.3. The lowest BCUT2D eigenvalue weighted by Crippen LogP contribution is -2.41. The van der Waals surface area contributed by atoms with Crippen molar-refractivity contribution in [3.05, 3.63) is 18.5 Å². The molecule has 1 amide bonds. The third-order valence-electron chi connectivity index (χ3n) is 2.70. The summed E-state index contributed by atoms with van der Waals surface area (Å²) in [6.07, 6.45) is 4.82. The topological polar surface area (TPSA) is 67.2 Å². The molecule has 2 N–H and O–H groups in total. The second-order valence-corrected chi connectivity index (χ2v) is 4.47. The van der Waals surface area contributed by atoms with E-state index in [1.165, 1.54) is 0 Å². The van der Waals surface area contributed by atoms with Crippen molar-refractivity contribution in [1.29, 1.82) is 0 Å². The van der Waals surface area contributed by atoms with Gasteiger partial charge in [-0.25, -0.2) is 0 Å². The first kappa shape index (κ1) is 13.7. The molecule has 17 heavy (non-hydrogen) atoms. The van der Waals surface area contributed by atoms with Gasteiger partial charge in [0, 0.05) is 25.4 Å². The van der Waals surface area contributed by atoms with Gasteiger partial charge in [-0.1, -0.05) is 13.8 Å². The molecule has 1 heterocycles. The molecule has 0 aliphatic heterocycles. The second kappa shape index (κ2) is 7.06. The molecule has 0 saturated carbocycles. The first-order valence-electron chi connectivity index (χ1n) is 6.01. The summed E-state index contributed by atoms with van der Waals surface area (Å²) < 4.78 is 1.80. The molecule has 0 aromatic carbocycles. The lowest BCUT2D eigenvalue weighted by Gasteiger charge is -2.19. The maximum absolute atomic E-state index is 11.6. The van der Waals surface area contributed by atoms with Crippen LogP contribution >= 0.6 is 0 Å². The molecule has 1 rings (SSSR count). The summed E-state index contributed by atoms with van der Waals surface area (Å²) in [7, 11) is 0. The van der Waals surface area contributed by atoms with Crippen molar-refractivity contribution in [1.82, 2.24) is 15.1 Å². The van der Waals surface area contributed by atoms with Crippen LogP contribution in [-0.4, -0.2) is 33.4 Å². The molecular weight excluding hydrogens is 218 g/mol. The maximum Gasteiger partial charge on any atom is 0.220 e. The van der Waals surface area contributed by atoms with Gasteiger partial charge in [0.25, 0.3) is 0 Å². The SMILES string of the molecule is CC(C)[C@H](CO)NC(=O)CCCn1cccn1. The number of aryl methyl sites for hydroxylation is 1. The highest BCUT2D eigenvalue weighted by molar-refractivity contribution is 5.76. The Kier molecular flexibility index (Phi) is 5.69. The van der Waals surface area contributed by atoms with Crippen LogP contribution in [0, 0.1) is 5.92 Å². The first-order chi connectivity index (χ1) is 8.13. The minimum absolute atomic E-state index is 0.00935.